The van der Waals surface area contributed by atoms with E-state index in [4.69, 9.17) is 15.6 Å². The number of amides is 2. The van der Waals surface area contributed by atoms with Crippen LogP contribution in [0.3, 0.4) is 0 Å². The van der Waals surface area contributed by atoms with Crippen molar-refractivity contribution in [3.05, 3.63) is 11.1 Å². The number of nitrogens with zero attached hydrogens (tertiary/aromatic N) is 3. The summed E-state index contributed by atoms with van der Waals surface area (Å²) in [7, 11) is 0. The number of carbonyl (C=O) groups is 5. The first-order valence-electron chi connectivity index (χ1n) is 9.27. The van der Waals surface area contributed by atoms with Crippen molar-refractivity contribution in [1.82, 2.24) is 15.2 Å². The second kappa shape index (κ2) is 9.62. The van der Waals surface area contributed by atoms with Gasteiger partial charge in [-0.25, -0.2) is 9.78 Å². The number of esters is 1. The number of ether oxygens (including phenoxy) is 1. The standard InChI is InChI=1S/C17H19N5O9S2/c1-7(23)30-5-17(15(28)29)4-22-13(27)11(14(22)33-6-17)20-12(26)10(21-31-2-9(24)25)8-3-32-16(18)19-8/h3,11,14H,2,4-6H2,1H3,(H2,18,19)(H,20,26)(H,24,25)(H,28,29)/t11?,14-,17?/m1/s1. The van der Waals surface area contributed by atoms with Gasteiger partial charge in [-0.3, -0.25) is 19.2 Å². The van der Waals surface area contributed by atoms with Gasteiger partial charge in [-0.05, 0) is 0 Å². The summed E-state index contributed by atoms with van der Waals surface area (Å²) in [6, 6.07) is -0.983. The Morgan fingerprint density at radius 1 is 1.39 bits per heavy atom. The Hall–Kier alpha value is -3.40. The van der Waals surface area contributed by atoms with E-state index in [0.717, 1.165) is 30.0 Å². The highest BCUT2D eigenvalue weighted by atomic mass is 32.2. The zero-order chi connectivity index (χ0) is 24.3. The molecule has 2 amide bonds. The van der Waals surface area contributed by atoms with Gasteiger partial charge in [0.05, 0.1) is 0 Å². The summed E-state index contributed by atoms with van der Waals surface area (Å²) in [6.07, 6.45) is 0. The zero-order valence-corrected chi connectivity index (χ0v) is 18.7. The number of rotatable bonds is 9. The van der Waals surface area contributed by atoms with Crippen LogP contribution in [0.15, 0.2) is 10.5 Å². The molecule has 0 bridgehead atoms. The van der Waals surface area contributed by atoms with Crippen LogP contribution in [0, 0.1) is 5.41 Å². The number of thiazole rings is 1. The second-order valence-corrected chi connectivity index (χ2v) is 9.16. The van der Waals surface area contributed by atoms with Gasteiger partial charge in [0.2, 0.25) is 12.5 Å². The average molecular weight is 501 g/mol. The van der Waals surface area contributed by atoms with Crippen LogP contribution in [-0.2, 0) is 33.5 Å². The molecule has 2 aliphatic rings. The van der Waals surface area contributed by atoms with Gasteiger partial charge in [0.15, 0.2) is 10.8 Å². The molecular weight excluding hydrogens is 482 g/mol. The van der Waals surface area contributed by atoms with Gasteiger partial charge < -0.3 is 35.7 Å². The van der Waals surface area contributed by atoms with Crippen LogP contribution in [0.5, 0.6) is 0 Å². The highest BCUT2D eigenvalue weighted by Crippen LogP contribution is 2.42. The van der Waals surface area contributed by atoms with Crippen LogP contribution in [0.25, 0.3) is 0 Å². The van der Waals surface area contributed by atoms with E-state index >= 15 is 0 Å². The van der Waals surface area contributed by atoms with Gasteiger partial charge in [0.1, 0.15) is 29.1 Å². The van der Waals surface area contributed by atoms with Crippen molar-refractivity contribution in [2.45, 2.75) is 18.3 Å². The molecule has 0 aliphatic carbocycles. The fraction of sp³-hybridized carbons (Fsp3) is 0.471. The normalized spacial score (nSPS) is 24.3. The van der Waals surface area contributed by atoms with Crippen molar-refractivity contribution in [2.75, 3.05) is 31.2 Å². The van der Waals surface area contributed by atoms with Crippen molar-refractivity contribution in [1.29, 1.82) is 0 Å². The van der Waals surface area contributed by atoms with Gasteiger partial charge in [0.25, 0.3) is 5.91 Å². The maximum atomic E-state index is 12.8. The van der Waals surface area contributed by atoms with E-state index < -0.39 is 53.2 Å². The number of aliphatic carboxylic acids is 2. The van der Waals surface area contributed by atoms with E-state index in [1.165, 1.54) is 10.3 Å². The number of nitrogen functional groups attached to an aromatic ring is 1. The minimum Gasteiger partial charge on any atom is -0.481 e. The number of nitrogens with two attached hydrogens (primary N) is 1. The van der Waals surface area contributed by atoms with Gasteiger partial charge in [-0.15, -0.1) is 23.1 Å². The zero-order valence-electron chi connectivity index (χ0n) is 17.0. The van der Waals surface area contributed by atoms with E-state index in [2.05, 4.69) is 20.3 Å². The van der Waals surface area contributed by atoms with Crippen LogP contribution < -0.4 is 11.1 Å². The third kappa shape index (κ3) is 5.16. The Morgan fingerprint density at radius 3 is 2.70 bits per heavy atom. The molecule has 14 nitrogen and oxygen atoms in total. The molecule has 2 aliphatic heterocycles. The summed E-state index contributed by atoms with van der Waals surface area (Å²) in [4.78, 5) is 68.9. The Balaban J connectivity index is 1.71. The SMILES string of the molecule is CC(=O)OCC1(C(=O)O)CS[C@@H]2C(NC(=O)C(=NOCC(=O)O)c3csc(N)n3)C(=O)N2C1. The molecule has 1 aromatic rings. The predicted octanol–water partition coefficient (Wildman–Crippen LogP) is -1.44. The Morgan fingerprint density at radius 2 is 2.12 bits per heavy atom. The quantitative estimate of drug-likeness (QED) is 0.133. The number of carboxylic acid groups (broad SMARTS) is 2. The van der Waals surface area contributed by atoms with Crippen molar-refractivity contribution in [3.8, 4) is 0 Å². The highest BCUT2D eigenvalue weighted by molar-refractivity contribution is 8.00. The van der Waals surface area contributed by atoms with E-state index in [0.29, 0.717) is 0 Å². The number of carboxylic acids is 2. The van der Waals surface area contributed by atoms with Crippen molar-refractivity contribution >= 4 is 63.7 Å². The molecular formula is C17H19N5O9S2. The summed E-state index contributed by atoms with van der Waals surface area (Å²) in [5.74, 6) is -4.49. The van der Waals surface area contributed by atoms with E-state index in [1.807, 2.05) is 0 Å². The van der Waals surface area contributed by atoms with Crippen LogP contribution in [0.4, 0.5) is 5.13 Å². The van der Waals surface area contributed by atoms with Crippen molar-refractivity contribution < 1.29 is 43.8 Å². The molecule has 33 heavy (non-hydrogen) atoms. The summed E-state index contributed by atoms with van der Waals surface area (Å²) >= 11 is 2.14. The minimum absolute atomic E-state index is 0.0339. The lowest BCUT2D eigenvalue weighted by Gasteiger charge is -2.53. The molecule has 3 atom stereocenters. The smallest absolute Gasteiger partial charge is 0.344 e. The third-order valence-corrected chi connectivity index (χ3v) is 7.02. The number of nitrogens with one attached hydrogen (secondary N) is 1. The first-order chi connectivity index (χ1) is 15.5. The number of β-lactam (4-membered cyclic amide) rings is 1. The van der Waals surface area contributed by atoms with Crippen LogP contribution in [0.1, 0.15) is 12.6 Å². The van der Waals surface area contributed by atoms with Gasteiger partial charge in [-0.2, -0.15) is 0 Å². The molecule has 0 saturated carbocycles. The molecule has 3 heterocycles. The largest absolute Gasteiger partial charge is 0.481 e. The lowest BCUT2D eigenvalue weighted by Crippen LogP contribution is -2.74. The van der Waals surface area contributed by atoms with Gasteiger partial charge in [0, 0.05) is 24.6 Å². The average Bonchev–Trinajstić information content (AvgIpc) is 3.18. The first kappa shape index (κ1) is 24.2. The number of hydrogen-bond donors (Lipinski definition) is 4. The summed E-state index contributed by atoms with van der Waals surface area (Å²) in [5, 5.41) is 25.4. The second-order valence-electron chi connectivity index (χ2n) is 7.16. The fourth-order valence-electron chi connectivity index (χ4n) is 3.11. The Bertz CT molecular complexity index is 1030. The number of anilines is 1. The number of fused-ring (bicyclic) bond motifs is 1. The monoisotopic (exact) mass is 501 g/mol. The Labute approximate surface area is 194 Å². The van der Waals surface area contributed by atoms with Crippen molar-refractivity contribution in [3.63, 3.8) is 0 Å². The van der Waals surface area contributed by atoms with Gasteiger partial charge in [-0.1, -0.05) is 5.16 Å². The van der Waals surface area contributed by atoms with Crippen LogP contribution >= 0.6 is 23.1 Å². The van der Waals surface area contributed by atoms with Gasteiger partial charge >= 0.3 is 17.9 Å². The molecule has 2 fully saturated rings. The van der Waals surface area contributed by atoms with Crippen LogP contribution in [-0.4, -0.2) is 92.5 Å². The molecule has 0 radical (unpaired) electrons. The van der Waals surface area contributed by atoms with Crippen LogP contribution in [0.2, 0.25) is 0 Å². The fourth-order valence-corrected chi connectivity index (χ4v) is 5.18. The number of oxime groups is 1. The molecule has 1 aromatic heterocycles. The number of hydrogen-bond acceptors (Lipinski definition) is 12. The molecule has 2 saturated heterocycles. The molecule has 16 heteroatoms. The third-order valence-electron chi connectivity index (χ3n) is 4.76. The first-order valence-corrected chi connectivity index (χ1v) is 11.2. The molecule has 178 valence electrons. The topological polar surface area (TPSA) is 211 Å². The minimum atomic E-state index is -1.47. The summed E-state index contributed by atoms with van der Waals surface area (Å²) < 4.78 is 4.89. The van der Waals surface area contributed by atoms with E-state index in [9.17, 15) is 29.1 Å². The number of carbonyl (C=O) groups excluding carboxylic acids is 3. The maximum absolute atomic E-state index is 12.8. The lowest BCUT2D eigenvalue weighted by atomic mass is 9.88. The van der Waals surface area contributed by atoms with E-state index in [-0.39, 0.29) is 35.4 Å². The predicted molar refractivity (Wildman–Crippen MR) is 113 cm³/mol. The lowest BCUT2D eigenvalue weighted by molar-refractivity contribution is -0.164. The molecule has 2 unspecified atom stereocenters. The van der Waals surface area contributed by atoms with E-state index in [1.54, 1.807) is 0 Å². The number of thioether (sulfide) groups is 1. The molecule has 0 spiro atoms. The maximum Gasteiger partial charge on any atom is 0.344 e. The summed E-state index contributed by atoms with van der Waals surface area (Å²) in [6.45, 7) is -0.223. The summed E-state index contributed by atoms with van der Waals surface area (Å²) in [5.41, 5.74) is 3.78. The Kier molecular flexibility index (Phi) is 7.06. The highest BCUT2D eigenvalue weighted by Gasteiger charge is 2.58. The molecule has 5 N–H and O–H groups in total. The molecule has 0 aromatic carbocycles. The van der Waals surface area contributed by atoms with Crippen molar-refractivity contribution in [2.24, 2.45) is 10.6 Å². The molecule has 3 rings (SSSR count). The number of aromatic nitrogens is 1.